The molecule has 1 fully saturated rings. The molecule has 2 unspecified atom stereocenters. The summed E-state index contributed by atoms with van der Waals surface area (Å²) in [5, 5.41) is 17.3. The Labute approximate surface area is 229 Å². The Morgan fingerprint density at radius 2 is 2.03 bits per heavy atom. The van der Waals surface area contributed by atoms with Crippen molar-refractivity contribution in [1.82, 2.24) is 19.6 Å². The first-order valence-electron chi connectivity index (χ1n) is 9.73. The van der Waals surface area contributed by atoms with Crippen LogP contribution >= 0.6 is 23.3 Å². The van der Waals surface area contributed by atoms with Crippen LogP contribution in [0.5, 0.6) is 0 Å². The van der Waals surface area contributed by atoms with Crippen molar-refractivity contribution < 1.29 is 68.2 Å². The predicted octanol–water partition coefficient (Wildman–Crippen LogP) is -5.21. The summed E-state index contributed by atoms with van der Waals surface area (Å²) >= 11 is 1.91. The summed E-state index contributed by atoms with van der Waals surface area (Å²) < 4.78 is 8.89. The number of ether oxygens (including phenoxy) is 1. The van der Waals surface area contributed by atoms with Gasteiger partial charge in [-0.2, -0.15) is 9.36 Å². The Morgan fingerprint density at radius 3 is 2.54 bits per heavy atom. The number of anilines is 1. The second kappa shape index (κ2) is 11.9. The Kier molecular flexibility index (Phi) is 9.79. The number of carbonyl (C=O) groups excluding carboxylic acids is 5. The number of nitrogens with zero attached hydrogens (tertiary/aromatic N) is 4. The molecule has 0 aliphatic carbocycles. The first-order chi connectivity index (χ1) is 16.1. The monoisotopic (exact) mass is 534 g/mol. The number of carboxylic acid groups (broad SMARTS) is 1. The summed E-state index contributed by atoms with van der Waals surface area (Å²) in [4.78, 5) is 70.7. The van der Waals surface area contributed by atoms with Crippen molar-refractivity contribution in [1.29, 1.82) is 0 Å². The fourth-order valence-electron chi connectivity index (χ4n) is 3.25. The number of hydrogen-bond donors (Lipinski definition) is 2. The van der Waals surface area contributed by atoms with Crippen LogP contribution in [-0.4, -0.2) is 79.4 Å². The van der Waals surface area contributed by atoms with Crippen LogP contribution < -0.4 is 45.7 Å². The zero-order valence-corrected chi connectivity index (χ0v) is 22.7. The molecule has 3 rings (SSSR count). The molecule has 0 aromatic carbocycles. The minimum atomic E-state index is -1.72. The normalized spacial score (nSPS) is 20.1. The smallest absolute Gasteiger partial charge is 0.543 e. The second-order valence-electron chi connectivity index (χ2n) is 6.94. The maximum absolute atomic E-state index is 12.8. The number of oxime groups is 1. The topological polar surface area (TPSA) is 206 Å². The van der Waals surface area contributed by atoms with Crippen LogP contribution in [-0.2, 0) is 33.5 Å². The largest absolute Gasteiger partial charge is 1.00 e. The zero-order chi connectivity index (χ0) is 25.2. The zero-order valence-electron chi connectivity index (χ0n) is 19.1. The van der Waals surface area contributed by atoms with Crippen LogP contribution in [0.3, 0.4) is 0 Å². The van der Waals surface area contributed by atoms with Crippen molar-refractivity contribution in [3.05, 3.63) is 17.1 Å². The number of ketones is 1. The fraction of sp³-hybridized carbons (Fsp3) is 0.444. The van der Waals surface area contributed by atoms with E-state index >= 15 is 0 Å². The van der Waals surface area contributed by atoms with E-state index in [0.717, 1.165) is 42.0 Å². The van der Waals surface area contributed by atoms with E-state index in [1.54, 1.807) is 6.92 Å². The number of β-lactam (4-membered cyclic amide) rings is 1. The van der Waals surface area contributed by atoms with E-state index < -0.39 is 52.8 Å². The Balaban J connectivity index is 0.00000432. The third-order valence-electron chi connectivity index (χ3n) is 4.60. The quantitative estimate of drug-likeness (QED) is 0.100. The molecule has 0 saturated carbocycles. The van der Waals surface area contributed by atoms with Gasteiger partial charge in [0.15, 0.2) is 17.0 Å². The number of nitrogens with two attached hydrogens (primary N) is 1. The van der Waals surface area contributed by atoms with Gasteiger partial charge in [-0.05, 0) is 13.8 Å². The fourth-order valence-corrected chi connectivity index (χ4v) is 5.06. The maximum atomic E-state index is 12.8. The van der Waals surface area contributed by atoms with E-state index in [4.69, 9.17) is 15.3 Å². The van der Waals surface area contributed by atoms with Gasteiger partial charge in [0.1, 0.15) is 18.0 Å². The van der Waals surface area contributed by atoms with Gasteiger partial charge in [0.2, 0.25) is 11.5 Å². The van der Waals surface area contributed by atoms with Crippen LogP contribution in [0, 0.1) is 0 Å². The number of Topliss-reactive ketones (excluding diaryl/α,β-unsaturated/α-hetero) is 1. The first kappa shape index (κ1) is 28.7. The van der Waals surface area contributed by atoms with Crippen molar-refractivity contribution in [2.45, 2.75) is 38.3 Å². The number of hydrogen-bond acceptors (Lipinski definition) is 14. The van der Waals surface area contributed by atoms with E-state index in [-0.39, 0.29) is 64.2 Å². The molecule has 3 N–H and O–H groups in total. The summed E-state index contributed by atoms with van der Waals surface area (Å²) in [5.74, 6) is -4.91. The molecule has 182 valence electrons. The second-order valence-corrected chi connectivity index (χ2v) is 8.82. The number of esters is 1. The first-order valence-corrected chi connectivity index (χ1v) is 11.6. The molecule has 17 heteroatoms. The van der Waals surface area contributed by atoms with Crippen molar-refractivity contribution in [2.75, 3.05) is 18.1 Å². The van der Waals surface area contributed by atoms with Gasteiger partial charge in [-0.25, -0.2) is 0 Å². The van der Waals surface area contributed by atoms with Gasteiger partial charge in [0.25, 0.3) is 11.8 Å². The molecule has 0 spiro atoms. The summed E-state index contributed by atoms with van der Waals surface area (Å²) in [5.41, 5.74) is 4.59. The summed E-state index contributed by atoms with van der Waals surface area (Å²) in [7, 11) is 0. The Morgan fingerprint density at radius 1 is 1.34 bits per heavy atom. The number of carboxylic acids is 1. The summed E-state index contributed by atoms with van der Waals surface area (Å²) in [6.45, 7) is 3.99. The molecule has 3 atom stereocenters. The number of nitrogen functional groups attached to an aromatic ring is 1. The van der Waals surface area contributed by atoms with Crippen molar-refractivity contribution in [2.24, 2.45) is 5.16 Å². The molecular weight excluding hydrogens is 515 g/mol. The molecule has 1 saturated heterocycles. The molecule has 3 heterocycles. The predicted molar refractivity (Wildman–Crippen MR) is 116 cm³/mol. The molecule has 0 bridgehead atoms. The third-order valence-corrected chi connectivity index (χ3v) is 6.45. The number of thioether (sulfide) groups is 1. The minimum Gasteiger partial charge on any atom is -0.543 e. The molecule has 2 aliphatic rings. The molecule has 2 aliphatic heterocycles. The SMILES string of the molecule is CCON=C(C(=O)NC1C(=O)N2C(C(=O)[O-])=C(C(OC(C)=O)C(C)=O)CS[C@@H]12)c1nsc(N)n1.[Na+]. The van der Waals surface area contributed by atoms with Crippen molar-refractivity contribution in [3.63, 3.8) is 0 Å². The van der Waals surface area contributed by atoms with E-state index in [9.17, 15) is 29.1 Å². The number of aromatic nitrogens is 2. The standard InChI is InChI=1S/C18H20N6O8S2.Na/c1-4-31-22-9(13-21-18(19)34-23-13)14(27)20-10-15(28)24-11(17(29)30)8(5-33-16(10)24)12(6(2)25)32-7(3)26;/h10,12,16H,4-5H2,1-3H3,(H,20,27)(H,29,30)(H2,19,21,23);/q;+1/p-1/t10?,12?,16-;/m0./s1. The van der Waals surface area contributed by atoms with Crippen LogP contribution in [0.1, 0.15) is 26.6 Å². The minimum absolute atomic E-state index is 0. The van der Waals surface area contributed by atoms with Gasteiger partial charge in [0.05, 0.1) is 11.7 Å². The van der Waals surface area contributed by atoms with Gasteiger partial charge < -0.3 is 30.5 Å². The van der Waals surface area contributed by atoms with Gasteiger partial charge in [-0.1, -0.05) is 5.16 Å². The molecule has 35 heavy (non-hydrogen) atoms. The van der Waals surface area contributed by atoms with Gasteiger partial charge >= 0.3 is 35.5 Å². The molecule has 0 radical (unpaired) electrons. The van der Waals surface area contributed by atoms with Crippen molar-refractivity contribution in [3.8, 4) is 0 Å². The van der Waals surface area contributed by atoms with E-state index in [2.05, 4.69) is 19.8 Å². The van der Waals surface area contributed by atoms with Crippen LogP contribution in [0.15, 0.2) is 16.4 Å². The maximum Gasteiger partial charge on any atom is 1.00 e. The molecule has 14 nitrogen and oxygen atoms in total. The number of carbonyl (C=O) groups is 5. The average Bonchev–Trinajstić information content (AvgIpc) is 3.20. The molecular formula is C18H19N6NaO8S2. The van der Waals surface area contributed by atoms with E-state index in [1.807, 2.05) is 0 Å². The van der Waals surface area contributed by atoms with Gasteiger partial charge in [-0.3, -0.25) is 24.1 Å². The number of rotatable bonds is 9. The summed E-state index contributed by atoms with van der Waals surface area (Å²) in [6.07, 6.45) is -1.48. The molecule has 2 amide bonds. The van der Waals surface area contributed by atoms with Crippen LogP contribution in [0.4, 0.5) is 5.13 Å². The Hall–Kier alpha value is -2.53. The third kappa shape index (κ3) is 6.00. The number of amides is 2. The van der Waals surface area contributed by atoms with Gasteiger partial charge in [-0.15, -0.1) is 11.8 Å². The van der Waals surface area contributed by atoms with E-state index in [0.29, 0.717) is 0 Å². The Bertz CT molecular complexity index is 1120. The van der Waals surface area contributed by atoms with Crippen molar-refractivity contribution >= 4 is 63.7 Å². The summed E-state index contributed by atoms with van der Waals surface area (Å²) in [6, 6.07) is -1.12. The van der Waals surface area contributed by atoms with Gasteiger partial charge in [0, 0.05) is 29.8 Å². The number of fused-ring (bicyclic) bond motifs is 1. The molecule has 1 aromatic rings. The molecule has 1 aromatic heterocycles. The van der Waals surface area contributed by atoms with E-state index in [1.165, 1.54) is 0 Å². The van der Waals surface area contributed by atoms with Crippen LogP contribution in [0.2, 0.25) is 0 Å². The number of nitrogens with one attached hydrogen (secondary N) is 1. The average molecular weight is 535 g/mol. The van der Waals surface area contributed by atoms with Crippen LogP contribution in [0.25, 0.3) is 0 Å². The number of aliphatic carboxylic acids is 1.